The van der Waals surface area contributed by atoms with Crippen molar-refractivity contribution in [2.24, 2.45) is 0 Å². The molecule has 0 saturated carbocycles. The van der Waals surface area contributed by atoms with Crippen LogP contribution in [0.5, 0.6) is 5.75 Å². The second kappa shape index (κ2) is 47.3. The summed E-state index contributed by atoms with van der Waals surface area (Å²) in [4.78, 5) is 87.3. The molecule has 39 heteroatoms. The van der Waals surface area contributed by atoms with E-state index in [2.05, 4.69) is 33.4 Å². The molecule has 0 bridgehead atoms. The number of carbonyl (C=O) groups excluding carboxylic acids is 5. The summed E-state index contributed by atoms with van der Waals surface area (Å²) in [6, 6.07) is 15.1. The third kappa shape index (κ3) is 22.9. The zero-order chi connectivity index (χ0) is 88.1. The Morgan fingerprint density at radius 3 is 1.01 bits per heavy atom. The molecular formula is C82H124N4O35. The molecule has 1 aliphatic carbocycles. The molecule has 6 saturated heterocycles. The Morgan fingerprint density at radius 1 is 0.347 bits per heavy atom. The molecule has 3 aromatic carbocycles. The molecule has 10 rings (SSSR count). The number of fused-ring (bicyclic) bond motifs is 3. The van der Waals surface area contributed by atoms with Gasteiger partial charge in [0.15, 0.2) is 43.4 Å². The fraction of sp³-hybridized carbons (Fsp3) is 0.744. The minimum absolute atomic E-state index is 0.00108. The van der Waals surface area contributed by atoms with E-state index in [4.69, 9.17) is 133 Å². The van der Waals surface area contributed by atoms with Crippen LogP contribution in [0.4, 0.5) is 0 Å². The Hall–Kier alpha value is -6.37. The third-order valence-corrected chi connectivity index (χ3v) is 22.8. The molecule has 39 nitrogen and oxygen atoms in total. The average Bonchev–Trinajstić information content (AvgIpc) is 1.74. The van der Waals surface area contributed by atoms with Crippen molar-refractivity contribution in [3.05, 3.63) is 85.7 Å². The van der Waals surface area contributed by atoms with Crippen molar-refractivity contribution >= 4 is 29.6 Å². The van der Waals surface area contributed by atoms with E-state index in [-0.39, 0.29) is 87.8 Å². The smallest absolute Gasteiger partial charge is 0.306 e. The van der Waals surface area contributed by atoms with Crippen LogP contribution < -0.4 is 36.9 Å². The second-order valence-corrected chi connectivity index (χ2v) is 30.0. The number of ether oxygens (including phenoxy) is 28. The van der Waals surface area contributed by atoms with Gasteiger partial charge in [0.25, 0.3) is 5.43 Å². The highest BCUT2D eigenvalue weighted by Gasteiger charge is 2.59. The van der Waals surface area contributed by atoms with Crippen molar-refractivity contribution in [3.8, 4) is 16.9 Å². The Bertz CT molecular complexity index is 3760. The van der Waals surface area contributed by atoms with E-state index in [0.29, 0.717) is 0 Å². The van der Waals surface area contributed by atoms with E-state index in [1.54, 1.807) is 13.8 Å². The van der Waals surface area contributed by atoms with Gasteiger partial charge in [0, 0.05) is 146 Å². The molecule has 0 spiro atoms. The van der Waals surface area contributed by atoms with Gasteiger partial charge in [-0.2, -0.15) is 0 Å². The molecule has 121 heavy (non-hydrogen) atoms. The van der Waals surface area contributed by atoms with Crippen molar-refractivity contribution in [1.29, 1.82) is 0 Å². The van der Waals surface area contributed by atoms with Crippen molar-refractivity contribution < 1.29 is 157 Å². The minimum atomic E-state index is -1.12. The maximum Gasteiger partial charge on any atom is 0.306 e. The zero-order valence-corrected chi connectivity index (χ0v) is 72.7. The number of nitrogens with one attached hydrogen (secondary N) is 4. The van der Waals surface area contributed by atoms with Gasteiger partial charge in [0.2, 0.25) is 29.1 Å². The standard InChI is InChI=1S/C46H66N2O17.C36H58N2O18/c1-24-35(47-25(2)49)38(54-5)42(58-9)45(61-24)64-37-32(23-53-4)63-46(43(59-10)40(37)56-7)65-36-31(22-52-3)62-44(41(57-8)39(36)55-6)48-33(50)19-20-34(51)60-21-30-28-17-13-11-15-26(28)27-16-12-14-18-29(27)30;1-16-22(37-17(2)39)28(46-6)32(50-10)35(52-16)55-27-20(15-44-4)54-36(33(51-11)30(27)48-8)56-26-19(14-43-3)53-34(31(49-9)29(26)47-7)38-21(40)13-12-18-23(41)24(42)25(18)45-5/h11-18,24,30-32,35-46H,19-23H2,1-10H3,(H,47,49)(H,48,50);16,19-20,22,26-36H,12-15H2,1-11H3,(H,37,39)(H,38,40)/t24?,31?,32?,35-,36+,37+,38-,39-,40-,41?,42?,43?,44?,45+,46+;16?,19?,20?,22-,26+,27+,28-,29-,30-,31?,32?,33?,34?,35+,36+/m11/s1. The van der Waals surface area contributed by atoms with Gasteiger partial charge >= 0.3 is 5.97 Å². The van der Waals surface area contributed by atoms with Gasteiger partial charge in [-0.1, -0.05) is 48.5 Å². The molecule has 6 fully saturated rings. The van der Waals surface area contributed by atoms with Crippen LogP contribution in [-0.2, 0) is 158 Å². The Labute approximate surface area is 704 Å². The van der Waals surface area contributed by atoms with E-state index in [0.717, 1.165) is 22.3 Å². The van der Waals surface area contributed by atoms with Crippen LogP contribution in [0, 0.1) is 0 Å². The van der Waals surface area contributed by atoms with Gasteiger partial charge in [-0.25, -0.2) is 0 Å². The molecule has 6 aliphatic heterocycles. The van der Waals surface area contributed by atoms with Crippen LogP contribution in [0.15, 0.2) is 58.1 Å². The van der Waals surface area contributed by atoms with Gasteiger partial charge in [0.05, 0.1) is 69.8 Å². The Morgan fingerprint density at radius 2 is 0.669 bits per heavy atom. The summed E-state index contributed by atoms with van der Waals surface area (Å²) in [5.41, 5.74) is 3.21. The normalized spacial score (nSPS) is 34.8. The summed E-state index contributed by atoms with van der Waals surface area (Å²) in [7, 11) is 25.2. The topological polar surface area (TPSA) is 426 Å². The summed E-state index contributed by atoms with van der Waals surface area (Å²) in [6.45, 7) is 6.70. The number of carbonyl (C=O) groups is 5. The first-order valence-corrected chi connectivity index (χ1v) is 40.0. The van der Waals surface area contributed by atoms with E-state index < -0.39 is 213 Å². The molecule has 30 atom stereocenters. The van der Waals surface area contributed by atoms with Crippen molar-refractivity contribution in [1.82, 2.24) is 21.3 Å². The minimum Gasteiger partial charge on any atom is -0.492 e. The van der Waals surface area contributed by atoms with Gasteiger partial charge in [-0.3, -0.25) is 33.6 Å². The average molecular weight is 1730 g/mol. The van der Waals surface area contributed by atoms with Crippen molar-refractivity contribution in [2.45, 2.75) is 243 Å². The molecular weight excluding hydrogens is 1600 g/mol. The van der Waals surface area contributed by atoms with Crippen LogP contribution >= 0.6 is 0 Å². The van der Waals surface area contributed by atoms with E-state index in [1.165, 1.54) is 135 Å². The monoisotopic (exact) mass is 1720 g/mol. The summed E-state index contributed by atoms with van der Waals surface area (Å²) >= 11 is 0. The molecule has 3 aromatic rings. The molecule has 6 heterocycles. The molecule has 0 radical (unpaired) electrons. The number of methoxy groups -OCH3 is 17. The predicted octanol–water partition coefficient (Wildman–Crippen LogP) is 0.283. The van der Waals surface area contributed by atoms with Crippen LogP contribution in [0.1, 0.15) is 69.6 Å². The first kappa shape index (κ1) is 98.4. The lowest BCUT2D eigenvalue weighted by atomic mass is 9.94. The molecule has 4 N–H and O–H groups in total. The van der Waals surface area contributed by atoms with Crippen LogP contribution in [0.2, 0.25) is 0 Å². The Balaban J connectivity index is 0.000000278. The van der Waals surface area contributed by atoms with Crippen molar-refractivity contribution in [3.63, 3.8) is 0 Å². The maximum absolute atomic E-state index is 13.4. The molecule has 14 unspecified atom stereocenters. The molecule has 0 aromatic heterocycles. The molecule has 7 aliphatic rings. The van der Waals surface area contributed by atoms with E-state index in [9.17, 15) is 33.6 Å². The summed E-state index contributed by atoms with van der Waals surface area (Å²) in [6.07, 6.45) is -24.4. The highest BCUT2D eigenvalue weighted by atomic mass is 16.8. The van der Waals surface area contributed by atoms with Gasteiger partial charge < -0.3 is 154 Å². The highest BCUT2D eigenvalue weighted by Crippen LogP contribution is 2.45. The van der Waals surface area contributed by atoms with Crippen molar-refractivity contribution in [2.75, 3.05) is 154 Å². The zero-order valence-electron chi connectivity index (χ0n) is 72.7. The lowest BCUT2D eigenvalue weighted by molar-refractivity contribution is -0.374. The van der Waals surface area contributed by atoms with E-state index >= 15 is 0 Å². The largest absolute Gasteiger partial charge is 0.492 e. The SMILES string of the molecule is COCC1OC(NC(=O)CCC(=O)OCC2c3ccccc3-c3ccccc32)C(OC)[C@H](OC)[C@H]1O[C@@H]1OC(COC)[C@H](O[C@@H]2OC(C)[C@@H](NC(C)=O)[C@@H](OC)C2OC)[C@@H](OC)C1OC.COCC1OC(NC(=O)CCc2c(OC)c(=O)c2=O)C(OC)[C@H](OC)[C@H]1O[C@@H]1OC(COC)[C@H](O[C@@H]2OC(C)[C@@H](NC(C)=O)[C@@H](OC)C2OC)[C@@H](OC)C1OC. The van der Waals surface area contributed by atoms with Crippen LogP contribution in [-0.4, -0.2) is 367 Å². The Kier molecular flexibility index (Phi) is 38.4. The lowest BCUT2D eigenvalue weighted by Gasteiger charge is -2.51. The third-order valence-electron chi connectivity index (χ3n) is 22.8. The van der Waals surface area contributed by atoms with Crippen LogP contribution in [0.3, 0.4) is 0 Å². The quantitative estimate of drug-likeness (QED) is 0.0438. The lowest BCUT2D eigenvalue weighted by Crippen LogP contribution is -2.69. The summed E-state index contributed by atoms with van der Waals surface area (Å²) < 4.78 is 169. The predicted molar refractivity (Wildman–Crippen MR) is 422 cm³/mol. The number of rotatable bonds is 41. The highest BCUT2D eigenvalue weighted by molar-refractivity contribution is 5.82. The number of benzene rings is 2. The van der Waals surface area contributed by atoms with Gasteiger partial charge in [-0.05, 0) is 42.5 Å². The fourth-order valence-corrected chi connectivity index (χ4v) is 17.2. The first-order chi connectivity index (χ1) is 58.3. The number of hydrogen-bond acceptors (Lipinski definition) is 35. The number of amides is 4. The molecule has 682 valence electrons. The second-order valence-electron chi connectivity index (χ2n) is 30.0. The summed E-state index contributed by atoms with van der Waals surface area (Å²) in [5.74, 6) is -2.08. The summed E-state index contributed by atoms with van der Waals surface area (Å²) in [5, 5.41) is 11.4. The van der Waals surface area contributed by atoms with Gasteiger partial charge in [0.1, 0.15) is 129 Å². The van der Waals surface area contributed by atoms with Crippen LogP contribution in [0.25, 0.3) is 11.1 Å². The maximum atomic E-state index is 13.4. The number of esters is 1. The van der Waals surface area contributed by atoms with E-state index in [1.807, 2.05) is 36.4 Å². The molecule has 4 amide bonds. The fourth-order valence-electron chi connectivity index (χ4n) is 17.2. The number of hydrogen-bond donors (Lipinski definition) is 4. The first-order valence-electron chi connectivity index (χ1n) is 40.0. The van der Waals surface area contributed by atoms with Gasteiger partial charge in [-0.15, -0.1) is 0 Å².